The van der Waals surface area contributed by atoms with E-state index in [2.05, 4.69) is 5.32 Å². The molecule has 0 bridgehead atoms. The topological polar surface area (TPSA) is 152 Å². The van der Waals surface area contributed by atoms with Crippen LogP contribution < -0.4 is 21.7 Å². The van der Waals surface area contributed by atoms with Gasteiger partial charge in [-0.25, -0.2) is 0 Å². The second-order valence-corrected chi connectivity index (χ2v) is 5.44. The van der Waals surface area contributed by atoms with Crippen LogP contribution in [0.4, 0.5) is 11.4 Å². The Hall–Kier alpha value is -3.56. The number of nitrogens with one attached hydrogen (secondary N) is 2. The number of carbonyl (C=O) groups excluding carboxylic acids is 3. The summed E-state index contributed by atoms with van der Waals surface area (Å²) in [5.74, 6) is -1.21. The number of carbonyl (C=O) groups is 3. The summed E-state index contributed by atoms with van der Waals surface area (Å²) < 4.78 is 3.05. The first kappa shape index (κ1) is 17.8. The predicted molar refractivity (Wildman–Crippen MR) is 91.8 cm³/mol. The van der Waals surface area contributed by atoms with Crippen LogP contribution in [0.2, 0.25) is 0 Å². The van der Waals surface area contributed by atoms with Crippen molar-refractivity contribution >= 4 is 35.4 Å². The Bertz CT molecular complexity index is 849. The zero-order valence-electron chi connectivity index (χ0n) is 13.8. The van der Waals surface area contributed by atoms with Crippen molar-refractivity contribution in [3.8, 4) is 0 Å². The lowest BCUT2D eigenvalue weighted by Crippen LogP contribution is -2.33. The molecule has 0 radical (unpaired) electrons. The van der Waals surface area contributed by atoms with E-state index in [1.165, 1.54) is 21.6 Å². The molecule has 2 aromatic heterocycles. The molecule has 2 rings (SSSR count). The maximum atomic E-state index is 12.1. The molecule has 10 heteroatoms. The quantitative estimate of drug-likeness (QED) is 0.301. The molecule has 2 aromatic rings. The van der Waals surface area contributed by atoms with Crippen LogP contribution in [0.5, 0.6) is 0 Å². The molecule has 0 aromatic carbocycles. The summed E-state index contributed by atoms with van der Waals surface area (Å²) in [6.07, 6.45) is 3.75. The van der Waals surface area contributed by atoms with E-state index in [4.69, 9.17) is 16.9 Å². The Balaban J connectivity index is 2.33. The number of aryl methyl sites for hydroxylation is 2. The molecule has 0 saturated carbocycles. The molecule has 6 N–H and O–H groups in total. The molecule has 0 fully saturated rings. The van der Waals surface area contributed by atoms with E-state index in [0.717, 1.165) is 0 Å². The minimum atomic E-state index is -0.614. The molecule has 0 aliphatic heterocycles. The van der Waals surface area contributed by atoms with Crippen molar-refractivity contribution in [3.63, 3.8) is 0 Å². The highest BCUT2D eigenvalue weighted by Gasteiger charge is 2.19. The van der Waals surface area contributed by atoms with Crippen molar-refractivity contribution in [2.24, 2.45) is 25.6 Å². The summed E-state index contributed by atoms with van der Waals surface area (Å²) >= 11 is 0. The van der Waals surface area contributed by atoms with Crippen LogP contribution in [0.15, 0.2) is 24.5 Å². The fourth-order valence-electron chi connectivity index (χ4n) is 2.37. The molecule has 10 nitrogen and oxygen atoms in total. The SMILES string of the molecule is Cn1cc(N(C=O)c2cc(C(=O)NCC(=N)N)n(C)c2)cc1C(N)=O. The Morgan fingerprint density at radius 3 is 2.12 bits per heavy atom. The molecular formula is C15H19N7O3. The van der Waals surface area contributed by atoms with Gasteiger partial charge in [0, 0.05) is 26.5 Å². The van der Waals surface area contributed by atoms with E-state index in [9.17, 15) is 14.4 Å². The maximum absolute atomic E-state index is 12.1. The number of hydrogen-bond acceptors (Lipinski definition) is 4. The molecule has 0 saturated heterocycles. The first-order chi connectivity index (χ1) is 11.7. The van der Waals surface area contributed by atoms with Crippen LogP contribution in [0, 0.1) is 5.41 Å². The summed E-state index contributed by atoms with van der Waals surface area (Å²) in [5, 5.41) is 9.63. The molecule has 0 unspecified atom stereocenters. The third-order valence-electron chi connectivity index (χ3n) is 3.57. The van der Waals surface area contributed by atoms with Gasteiger partial charge in [-0.05, 0) is 12.1 Å². The smallest absolute Gasteiger partial charge is 0.268 e. The number of hydrogen-bond donors (Lipinski definition) is 4. The molecule has 0 atom stereocenters. The molecule has 132 valence electrons. The van der Waals surface area contributed by atoms with Gasteiger partial charge in [-0.2, -0.15) is 0 Å². The number of amidine groups is 1. The second kappa shape index (κ2) is 6.91. The van der Waals surface area contributed by atoms with Crippen LogP contribution in [-0.4, -0.2) is 39.7 Å². The van der Waals surface area contributed by atoms with Crippen LogP contribution in [-0.2, 0) is 18.9 Å². The van der Waals surface area contributed by atoms with Gasteiger partial charge in [0.2, 0.25) is 6.41 Å². The highest BCUT2D eigenvalue weighted by molar-refractivity contribution is 5.98. The van der Waals surface area contributed by atoms with Crippen molar-refractivity contribution in [1.29, 1.82) is 5.41 Å². The number of aromatic nitrogens is 2. The molecule has 0 aliphatic rings. The van der Waals surface area contributed by atoms with Crippen molar-refractivity contribution in [3.05, 3.63) is 35.9 Å². The lowest BCUT2D eigenvalue weighted by molar-refractivity contribution is -0.106. The normalized spacial score (nSPS) is 10.3. The van der Waals surface area contributed by atoms with Crippen LogP contribution in [0.1, 0.15) is 21.0 Å². The van der Waals surface area contributed by atoms with E-state index < -0.39 is 11.8 Å². The predicted octanol–water partition coefficient (Wildman–Crippen LogP) is -0.577. The molecule has 25 heavy (non-hydrogen) atoms. The highest BCUT2D eigenvalue weighted by Crippen LogP contribution is 2.27. The Morgan fingerprint density at radius 1 is 1.16 bits per heavy atom. The van der Waals surface area contributed by atoms with Gasteiger partial charge in [-0.3, -0.25) is 24.7 Å². The number of nitrogens with two attached hydrogens (primary N) is 2. The zero-order valence-corrected chi connectivity index (χ0v) is 13.8. The molecule has 3 amide bonds. The molecule has 2 heterocycles. The largest absolute Gasteiger partial charge is 0.386 e. The summed E-state index contributed by atoms with van der Waals surface area (Å²) in [6.45, 7) is -0.0720. The first-order valence-electron chi connectivity index (χ1n) is 7.22. The summed E-state index contributed by atoms with van der Waals surface area (Å²) in [7, 11) is 3.28. The summed E-state index contributed by atoms with van der Waals surface area (Å²) in [4.78, 5) is 36.3. The van der Waals surface area contributed by atoms with Gasteiger partial charge in [0.1, 0.15) is 17.2 Å². The van der Waals surface area contributed by atoms with Crippen molar-refractivity contribution in [1.82, 2.24) is 14.5 Å². The van der Waals surface area contributed by atoms with Gasteiger partial charge in [0.05, 0.1) is 17.9 Å². The lowest BCUT2D eigenvalue weighted by atomic mass is 10.3. The van der Waals surface area contributed by atoms with Gasteiger partial charge < -0.3 is 25.9 Å². The Morgan fingerprint density at radius 2 is 1.68 bits per heavy atom. The Kier molecular flexibility index (Phi) is 4.92. The monoisotopic (exact) mass is 345 g/mol. The second-order valence-electron chi connectivity index (χ2n) is 5.44. The van der Waals surface area contributed by atoms with Crippen LogP contribution >= 0.6 is 0 Å². The molecule has 0 aliphatic carbocycles. The van der Waals surface area contributed by atoms with Crippen LogP contribution in [0.25, 0.3) is 0 Å². The van der Waals surface area contributed by atoms with E-state index in [1.54, 1.807) is 31.1 Å². The van der Waals surface area contributed by atoms with Crippen molar-refractivity contribution in [2.75, 3.05) is 11.4 Å². The fraction of sp³-hybridized carbons (Fsp3) is 0.200. The molecular weight excluding hydrogens is 326 g/mol. The van der Waals surface area contributed by atoms with E-state index in [1.807, 2.05) is 0 Å². The third kappa shape index (κ3) is 3.68. The lowest BCUT2D eigenvalue weighted by Gasteiger charge is -2.13. The number of rotatable bonds is 7. The first-order valence-corrected chi connectivity index (χ1v) is 7.22. The summed E-state index contributed by atoms with van der Waals surface area (Å²) in [6, 6.07) is 3.00. The number of primary amides is 1. The van der Waals surface area contributed by atoms with Crippen molar-refractivity contribution < 1.29 is 14.4 Å². The maximum Gasteiger partial charge on any atom is 0.268 e. The number of amides is 3. The average molecular weight is 345 g/mol. The van der Waals surface area contributed by atoms with Gasteiger partial charge in [0.15, 0.2) is 0 Å². The van der Waals surface area contributed by atoms with E-state index in [-0.39, 0.29) is 23.8 Å². The molecule has 0 spiro atoms. The minimum absolute atomic E-state index is 0.0720. The summed E-state index contributed by atoms with van der Waals surface area (Å²) in [5.41, 5.74) is 11.9. The fourth-order valence-corrected chi connectivity index (χ4v) is 2.37. The standard InChI is InChI=1S/C15H19N7O3/c1-20-6-9(3-11(20)14(18)24)22(8-23)10-4-12(21(2)7-10)15(25)19-5-13(16)17/h3-4,6-8H,5H2,1-2H3,(H3,16,17)(H2,18,24)(H,19,25). The zero-order chi connectivity index (χ0) is 18.7. The van der Waals surface area contributed by atoms with E-state index >= 15 is 0 Å². The van der Waals surface area contributed by atoms with Gasteiger partial charge in [-0.15, -0.1) is 0 Å². The van der Waals surface area contributed by atoms with Crippen molar-refractivity contribution in [2.45, 2.75) is 0 Å². The van der Waals surface area contributed by atoms with Gasteiger partial charge >= 0.3 is 0 Å². The Labute approximate surface area is 143 Å². The van der Waals surface area contributed by atoms with E-state index in [0.29, 0.717) is 17.8 Å². The average Bonchev–Trinajstić information content (AvgIpc) is 3.09. The van der Waals surface area contributed by atoms with Gasteiger partial charge in [0.25, 0.3) is 11.8 Å². The van der Waals surface area contributed by atoms with Crippen LogP contribution in [0.3, 0.4) is 0 Å². The number of nitrogens with zero attached hydrogens (tertiary/aromatic N) is 3. The highest BCUT2D eigenvalue weighted by atomic mass is 16.2. The third-order valence-corrected chi connectivity index (χ3v) is 3.57. The minimum Gasteiger partial charge on any atom is -0.386 e. The number of anilines is 2. The van der Waals surface area contributed by atoms with Gasteiger partial charge in [-0.1, -0.05) is 0 Å².